The Morgan fingerprint density at radius 3 is 2.24 bits per heavy atom. The highest BCUT2D eigenvalue weighted by atomic mass is 16.5. The van der Waals surface area contributed by atoms with Crippen LogP contribution >= 0.6 is 0 Å². The smallest absolute Gasteiger partial charge is 0.272 e. The molecule has 0 saturated heterocycles. The number of carbonyl (C=O) groups is 2. The van der Waals surface area contributed by atoms with Gasteiger partial charge in [0.25, 0.3) is 5.91 Å². The van der Waals surface area contributed by atoms with Gasteiger partial charge in [-0.2, -0.15) is 0 Å². The summed E-state index contributed by atoms with van der Waals surface area (Å²) in [5, 5.41) is 6.49. The second-order valence-corrected chi connectivity index (χ2v) is 5.75. The zero-order valence-corrected chi connectivity index (χ0v) is 14.3. The molecule has 1 heterocycles. The first-order valence-corrected chi connectivity index (χ1v) is 7.83. The fraction of sp³-hybridized carbons (Fsp3) is 0.158. The van der Waals surface area contributed by atoms with Crippen molar-refractivity contribution in [2.24, 2.45) is 0 Å². The highest BCUT2D eigenvalue weighted by Gasteiger charge is 2.15. The molecule has 0 unspecified atom stereocenters. The monoisotopic (exact) mass is 337 g/mol. The molecule has 6 nitrogen and oxygen atoms in total. The maximum Gasteiger partial charge on any atom is 0.272 e. The quantitative estimate of drug-likeness (QED) is 0.679. The van der Waals surface area contributed by atoms with E-state index in [2.05, 4.69) is 15.6 Å². The van der Waals surface area contributed by atoms with Crippen LogP contribution in [0.2, 0.25) is 0 Å². The third kappa shape index (κ3) is 3.47. The number of aromatic amines is 1. The molecule has 0 bridgehead atoms. The number of aromatic nitrogens is 1. The number of hydrogen-bond donors (Lipinski definition) is 3. The molecular weight excluding hydrogens is 318 g/mol. The number of fused-ring (bicyclic) bond motifs is 1. The lowest BCUT2D eigenvalue weighted by Crippen LogP contribution is -2.13. The van der Waals surface area contributed by atoms with Crippen LogP contribution in [0.15, 0.2) is 42.5 Å². The zero-order chi connectivity index (χ0) is 18.0. The lowest BCUT2D eigenvalue weighted by molar-refractivity contribution is -0.114. The Morgan fingerprint density at radius 1 is 1.00 bits per heavy atom. The number of ether oxygens (including phenoxy) is 1. The van der Waals surface area contributed by atoms with Crippen molar-refractivity contribution < 1.29 is 14.3 Å². The molecular formula is C19H19N3O3. The number of benzene rings is 2. The van der Waals surface area contributed by atoms with E-state index in [4.69, 9.17) is 4.74 Å². The van der Waals surface area contributed by atoms with Gasteiger partial charge < -0.3 is 20.4 Å². The van der Waals surface area contributed by atoms with E-state index >= 15 is 0 Å². The Bertz CT molecular complexity index is 942. The van der Waals surface area contributed by atoms with E-state index in [0.29, 0.717) is 17.1 Å². The summed E-state index contributed by atoms with van der Waals surface area (Å²) in [4.78, 5) is 26.8. The van der Waals surface area contributed by atoms with E-state index in [1.54, 1.807) is 31.4 Å². The minimum Gasteiger partial charge on any atom is -0.497 e. The first-order chi connectivity index (χ1) is 12.0. The van der Waals surface area contributed by atoms with Crippen molar-refractivity contribution >= 4 is 34.1 Å². The third-order valence-corrected chi connectivity index (χ3v) is 3.96. The van der Waals surface area contributed by atoms with Gasteiger partial charge in [-0.1, -0.05) is 0 Å². The molecule has 0 spiro atoms. The Morgan fingerprint density at radius 2 is 1.64 bits per heavy atom. The number of anilines is 2. The van der Waals surface area contributed by atoms with E-state index in [9.17, 15) is 9.59 Å². The first kappa shape index (κ1) is 16.6. The highest BCUT2D eigenvalue weighted by molar-refractivity contribution is 6.08. The Kier molecular flexibility index (Phi) is 4.43. The van der Waals surface area contributed by atoms with Crippen molar-refractivity contribution in [3.63, 3.8) is 0 Å². The largest absolute Gasteiger partial charge is 0.497 e. The van der Waals surface area contributed by atoms with Crippen LogP contribution in [0, 0.1) is 6.92 Å². The highest BCUT2D eigenvalue weighted by Crippen LogP contribution is 2.26. The summed E-state index contributed by atoms with van der Waals surface area (Å²) in [6.07, 6.45) is 0. The Hall–Kier alpha value is -3.28. The van der Waals surface area contributed by atoms with Gasteiger partial charge in [-0.05, 0) is 55.0 Å². The van der Waals surface area contributed by atoms with Crippen molar-refractivity contribution in [2.45, 2.75) is 13.8 Å². The Balaban J connectivity index is 1.82. The number of H-pyrrole nitrogens is 1. The number of carbonyl (C=O) groups excluding carboxylic acids is 2. The standard InChI is InChI=1S/C19H19N3O3/c1-11-16-10-15(25-3)8-9-17(16)22-18(11)19(24)21-14-6-4-13(5-7-14)20-12(2)23/h4-10,22H,1-3H3,(H,20,23)(H,21,24). The molecule has 0 atom stereocenters. The van der Waals surface area contributed by atoms with Gasteiger partial charge in [-0.15, -0.1) is 0 Å². The molecule has 0 saturated carbocycles. The van der Waals surface area contributed by atoms with Crippen LogP contribution in [0.3, 0.4) is 0 Å². The van der Waals surface area contributed by atoms with E-state index < -0.39 is 0 Å². The normalized spacial score (nSPS) is 10.5. The second kappa shape index (κ2) is 6.68. The molecule has 0 aliphatic heterocycles. The molecule has 3 rings (SSSR count). The van der Waals surface area contributed by atoms with Gasteiger partial charge >= 0.3 is 0 Å². The van der Waals surface area contributed by atoms with E-state index in [-0.39, 0.29) is 11.8 Å². The summed E-state index contributed by atoms with van der Waals surface area (Å²) >= 11 is 0. The molecule has 25 heavy (non-hydrogen) atoms. The van der Waals surface area contributed by atoms with Crippen LogP contribution in [0.1, 0.15) is 23.0 Å². The number of amides is 2. The van der Waals surface area contributed by atoms with Crippen molar-refractivity contribution in [1.82, 2.24) is 4.98 Å². The number of rotatable bonds is 4. The maximum absolute atomic E-state index is 12.6. The summed E-state index contributed by atoms with van der Waals surface area (Å²) < 4.78 is 5.24. The average molecular weight is 337 g/mol. The third-order valence-electron chi connectivity index (χ3n) is 3.96. The van der Waals surface area contributed by atoms with Crippen molar-refractivity contribution in [2.75, 3.05) is 17.7 Å². The van der Waals surface area contributed by atoms with Gasteiger partial charge in [0.15, 0.2) is 0 Å². The number of hydrogen-bond acceptors (Lipinski definition) is 3. The van der Waals surface area contributed by atoms with Crippen molar-refractivity contribution in [3.8, 4) is 5.75 Å². The summed E-state index contributed by atoms with van der Waals surface area (Å²) in [5.41, 5.74) is 3.58. The fourth-order valence-corrected chi connectivity index (χ4v) is 2.69. The van der Waals surface area contributed by atoms with E-state index in [1.165, 1.54) is 6.92 Å². The average Bonchev–Trinajstić information content (AvgIpc) is 2.92. The number of aryl methyl sites for hydroxylation is 1. The number of nitrogens with one attached hydrogen (secondary N) is 3. The van der Waals surface area contributed by atoms with Gasteiger partial charge in [0, 0.05) is 29.2 Å². The molecule has 2 aromatic carbocycles. The molecule has 0 fully saturated rings. The summed E-state index contributed by atoms with van der Waals surface area (Å²) in [7, 11) is 1.61. The van der Waals surface area contributed by atoms with Gasteiger partial charge in [-0.3, -0.25) is 9.59 Å². The van der Waals surface area contributed by atoms with Gasteiger partial charge in [0.05, 0.1) is 7.11 Å². The van der Waals surface area contributed by atoms with Crippen LogP contribution in [0.4, 0.5) is 11.4 Å². The summed E-state index contributed by atoms with van der Waals surface area (Å²) in [5.74, 6) is 0.385. The topological polar surface area (TPSA) is 83.2 Å². The molecule has 0 aliphatic carbocycles. The molecule has 128 valence electrons. The predicted molar refractivity (Wildman–Crippen MR) is 98.3 cm³/mol. The second-order valence-electron chi connectivity index (χ2n) is 5.75. The van der Waals surface area contributed by atoms with Gasteiger partial charge in [0.2, 0.25) is 5.91 Å². The van der Waals surface area contributed by atoms with Crippen LogP contribution < -0.4 is 15.4 Å². The van der Waals surface area contributed by atoms with Crippen LogP contribution in [-0.4, -0.2) is 23.9 Å². The van der Waals surface area contributed by atoms with Gasteiger partial charge in [-0.25, -0.2) is 0 Å². The van der Waals surface area contributed by atoms with E-state index in [0.717, 1.165) is 22.2 Å². The lowest BCUT2D eigenvalue weighted by Gasteiger charge is -2.07. The van der Waals surface area contributed by atoms with E-state index in [1.807, 2.05) is 25.1 Å². The zero-order valence-electron chi connectivity index (χ0n) is 14.3. The SMILES string of the molecule is COc1ccc2[nH]c(C(=O)Nc3ccc(NC(C)=O)cc3)c(C)c2c1. The van der Waals surface area contributed by atoms with Crippen molar-refractivity contribution in [1.29, 1.82) is 0 Å². The van der Waals surface area contributed by atoms with Crippen LogP contribution in [0.5, 0.6) is 5.75 Å². The molecule has 3 N–H and O–H groups in total. The Labute approximate surface area is 145 Å². The molecule has 0 radical (unpaired) electrons. The predicted octanol–water partition coefficient (Wildman–Crippen LogP) is 3.70. The van der Waals surface area contributed by atoms with Gasteiger partial charge in [0.1, 0.15) is 11.4 Å². The van der Waals surface area contributed by atoms with Crippen molar-refractivity contribution in [3.05, 3.63) is 53.7 Å². The minimum absolute atomic E-state index is 0.138. The number of methoxy groups -OCH3 is 1. The van der Waals surface area contributed by atoms with Crippen LogP contribution in [-0.2, 0) is 4.79 Å². The molecule has 6 heteroatoms. The summed E-state index contributed by atoms with van der Waals surface area (Å²) in [6, 6.07) is 12.6. The minimum atomic E-state index is -0.222. The molecule has 0 aliphatic rings. The molecule has 2 amide bonds. The molecule has 3 aromatic rings. The maximum atomic E-state index is 12.6. The van der Waals surface area contributed by atoms with Crippen LogP contribution in [0.25, 0.3) is 10.9 Å². The molecule has 1 aromatic heterocycles. The summed E-state index contributed by atoms with van der Waals surface area (Å²) in [6.45, 7) is 3.34. The first-order valence-electron chi connectivity index (χ1n) is 7.83. The lowest BCUT2D eigenvalue weighted by atomic mass is 10.1. The fourth-order valence-electron chi connectivity index (χ4n) is 2.69.